The van der Waals surface area contributed by atoms with E-state index in [0.717, 1.165) is 37.0 Å². The summed E-state index contributed by atoms with van der Waals surface area (Å²) >= 11 is 0. The fourth-order valence-electron chi connectivity index (χ4n) is 9.96. The number of halogens is 22. The third-order valence-electron chi connectivity index (χ3n) is 11.3. The molecule has 8 rings (SSSR count). The first kappa shape index (κ1) is 37.2. The molecule has 24 heteroatoms. The van der Waals surface area contributed by atoms with Gasteiger partial charge in [0.15, 0.2) is 0 Å². The zero-order valence-corrected chi connectivity index (χ0v) is 22.6. The minimum absolute atomic E-state index is 0.283. The summed E-state index contributed by atoms with van der Waals surface area (Å²) in [6, 6.07) is 0. The van der Waals surface area contributed by atoms with Crippen LogP contribution in [0.5, 0.6) is 0 Å². The third-order valence-corrected chi connectivity index (χ3v) is 11.3. The number of alkyl halides is 22. The molecule has 8 bridgehead atoms. The van der Waals surface area contributed by atoms with Gasteiger partial charge in [0.2, 0.25) is 0 Å². The van der Waals surface area contributed by atoms with Crippen molar-refractivity contribution in [3.05, 3.63) is 0 Å². The molecule has 8 aliphatic rings. The standard InChI is InChI=1S/C13F22.C11H16O2/c14-4-8(21,22)1(11(27,28)29)5(15,16)2(9(4,23)24,12(30,31)32)7(19,20)3(6(1,17)18,10(4,25)26)13(33,34)35;12-10(13)11-4-7-1-8(5-11)3-9(2-7)6-11/h;7-9H,1-6H2,(H,12,13). The molecule has 0 heterocycles. The number of rotatable bonds is 1. The predicted octanol–water partition coefficient (Wildman–Crippen LogP) is 9.48. The maximum atomic E-state index is 14.8. The van der Waals surface area contributed by atoms with Crippen LogP contribution in [0, 0.1) is 39.4 Å². The topological polar surface area (TPSA) is 37.3 Å². The molecule has 0 atom stereocenters. The molecule has 0 radical (unpaired) electrons. The Hall–Kier alpha value is -2.07. The zero-order chi connectivity index (χ0) is 37.6. The van der Waals surface area contributed by atoms with Gasteiger partial charge in [0.25, 0.3) is 16.2 Å². The van der Waals surface area contributed by atoms with E-state index in [1.807, 2.05) is 0 Å². The second-order valence-corrected chi connectivity index (χ2v) is 13.4. The number of carboxylic acids is 1. The first-order valence-electron chi connectivity index (χ1n) is 13.3. The van der Waals surface area contributed by atoms with Gasteiger partial charge in [0.1, 0.15) is 0 Å². The van der Waals surface area contributed by atoms with Crippen LogP contribution in [0.1, 0.15) is 38.5 Å². The van der Waals surface area contributed by atoms with Gasteiger partial charge in [0, 0.05) is 0 Å². The third kappa shape index (κ3) is 2.94. The van der Waals surface area contributed by atoms with Crippen molar-refractivity contribution in [1.29, 1.82) is 0 Å². The Labute approximate surface area is 251 Å². The van der Waals surface area contributed by atoms with Crippen molar-refractivity contribution in [2.45, 2.75) is 98.3 Å². The highest BCUT2D eigenvalue weighted by Crippen LogP contribution is 2.98. The average molecular weight is 754 g/mol. The smallest absolute Gasteiger partial charge is 0.412 e. The van der Waals surface area contributed by atoms with E-state index in [4.69, 9.17) is 0 Å². The maximum absolute atomic E-state index is 14.8. The van der Waals surface area contributed by atoms with Crippen molar-refractivity contribution in [2.75, 3.05) is 0 Å². The summed E-state index contributed by atoms with van der Waals surface area (Å²) in [6.07, 6.45) is -19.7. The summed E-state index contributed by atoms with van der Waals surface area (Å²) in [6.45, 7) is 0. The van der Waals surface area contributed by atoms with E-state index >= 15 is 0 Å². The number of carboxylic acid groups (broad SMARTS) is 1. The lowest BCUT2D eigenvalue weighted by Gasteiger charge is -2.78. The van der Waals surface area contributed by atoms with Crippen LogP contribution < -0.4 is 0 Å². The van der Waals surface area contributed by atoms with Crippen LogP contribution >= 0.6 is 0 Å². The van der Waals surface area contributed by atoms with Gasteiger partial charge in [-0.15, -0.1) is 0 Å². The summed E-state index contributed by atoms with van der Waals surface area (Å²) in [5, 5.41) is 9.28. The number of hydrogen-bond donors (Lipinski definition) is 1. The summed E-state index contributed by atoms with van der Waals surface area (Å²) in [4.78, 5) is 11.3. The number of aliphatic carboxylic acids is 1. The molecule has 0 spiro atoms. The molecule has 8 aliphatic carbocycles. The predicted molar refractivity (Wildman–Crippen MR) is 107 cm³/mol. The first-order valence-corrected chi connectivity index (χ1v) is 13.3. The van der Waals surface area contributed by atoms with E-state index in [1.54, 1.807) is 0 Å². The summed E-state index contributed by atoms with van der Waals surface area (Å²) in [5.41, 5.74) is -36.8. The Morgan fingerprint density at radius 3 is 0.812 bits per heavy atom. The van der Waals surface area contributed by atoms with Gasteiger partial charge >= 0.3 is 65.7 Å². The molecule has 8 fully saturated rings. The lowest BCUT2D eigenvalue weighted by molar-refractivity contribution is -0.680. The van der Waals surface area contributed by atoms with E-state index < -0.39 is 81.9 Å². The van der Waals surface area contributed by atoms with Crippen LogP contribution in [0.25, 0.3) is 0 Å². The van der Waals surface area contributed by atoms with Crippen molar-refractivity contribution < 1.29 is 106 Å². The highest BCUT2D eigenvalue weighted by atomic mass is 19.4. The van der Waals surface area contributed by atoms with Gasteiger partial charge in [-0.2, -0.15) is 39.5 Å². The summed E-state index contributed by atoms with van der Waals surface area (Å²) in [5.74, 6) is -53.0. The molecule has 2 nitrogen and oxygen atoms in total. The molecule has 278 valence electrons. The monoisotopic (exact) mass is 754 g/mol. The normalized spacial score (nSPS) is 46.6. The van der Waals surface area contributed by atoms with Gasteiger partial charge in [-0.05, 0) is 56.3 Å². The molecule has 48 heavy (non-hydrogen) atoms. The maximum Gasteiger partial charge on any atom is 0.412 e. The van der Waals surface area contributed by atoms with Crippen molar-refractivity contribution in [1.82, 2.24) is 0 Å². The molecule has 0 aliphatic heterocycles. The van der Waals surface area contributed by atoms with Gasteiger partial charge in [-0.25, -0.2) is 57.1 Å². The van der Waals surface area contributed by atoms with Crippen LogP contribution in [-0.2, 0) is 4.79 Å². The first-order chi connectivity index (χ1) is 20.9. The Morgan fingerprint density at radius 1 is 0.438 bits per heavy atom. The molecule has 0 aromatic rings. The van der Waals surface area contributed by atoms with Gasteiger partial charge in [0.05, 0.1) is 5.41 Å². The molecular formula is C24H16F22O2. The minimum Gasteiger partial charge on any atom is -0.481 e. The Kier molecular flexibility index (Phi) is 6.73. The van der Waals surface area contributed by atoms with E-state index in [0.29, 0.717) is 0 Å². The minimum atomic E-state index is -9.24. The lowest BCUT2D eigenvalue weighted by Crippen LogP contribution is -3.09. The zero-order valence-electron chi connectivity index (χ0n) is 22.6. The fourth-order valence-corrected chi connectivity index (χ4v) is 9.96. The van der Waals surface area contributed by atoms with Crippen molar-refractivity contribution in [3.8, 4) is 0 Å². The molecule has 1 N–H and O–H groups in total. The Bertz CT molecular complexity index is 1220. The highest BCUT2D eigenvalue weighted by Gasteiger charge is 3.28. The van der Waals surface area contributed by atoms with E-state index in [9.17, 15) is 106 Å². The average Bonchev–Trinajstić information content (AvgIpc) is 2.76. The van der Waals surface area contributed by atoms with Crippen LogP contribution in [-0.4, -0.2) is 70.8 Å². The quantitative estimate of drug-likeness (QED) is 0.271. The van der Waals surface area contributed by atoms with Crippen molar-refractivity contribution in [3.63, 3.8) is 0 Å². The van der Waals surface area contributed by atoms with Crippen LogP contribution in [0.2, 0.25) is 0 Å². The molecule has 0 unspecified atom stereocenters. The highest BCUT2D eigenvalue weighted by molar-refractivity contribution is 5.75. The van der Waals surface area contributed by atoms with E-state index in [2.05, 4.69) is 0 Å². The fraction of sp³-hybridized carbons (Fsp3) is 0.958. The van der Waals surface area contributed by atoms with Crippen molar-refractivity contribution >= 4 is 5.97 Å². The SMILES string of the molecule is FC(F)(F)C12C(F)(F)C3(F)C(F)(F)C(C(F)(F)F)(C1(F)F)C(F)(F)C(C(F)(F)F)(C3(F)F)C2(F)F.O=C(O)C12CC3CC(CC(C3)C1)C2. The lowest BCUT2D eigenvalue weighted by atomic mass is 9.29. The summed E-state index contributed by atoms with van der Waals surface area (Å²) < 4.78 is 310. The van der Waals surface area contributed by atoms with Gasteiger partial charge < -0.3 is 5.11 Å². The van der Waals surface area contributed by atoms with E-state index in [1.165, 1.54) is 19.3 Å². The molecule has 0 aromatic carbocycles. The van der Waals surface area contributed by atoms with E-state index in [-0.39, 0.29) is 5.41 Å². The Balaban J connectivity index is 0.000000284. The second-order valence-electron chi connectivity index (χ2n) is 13.4. The molecule has 0 amide bonds. The van der Waals surface area contributed by atoms with Crippen LogP contribution in [0.3, 0.4) is 0 Å². The molecular weight excluding hydrogens is 738 g/mol. The van der Waals surface area contributed by atoms with Crippen molar-refractivity contribution in [2.24, 2.45) is 39.4 Å². The number of hydrogen-bond acceptors (Lipinski definition) is 1. The molecule has 0 saturated heterocycles. The van der Waals surface area contributed by atoms with Crippen LogP contribution in [0.4, 0.5) is 96.6 Å². The largest absolute Gasteiger partial charge is 0.481 e. The number of carbonyl (C=O) groups is 1. The van der Waals surface area contributed by atoms with Gasteiger partial charge in [-0.3, -0.25) is 4.79 Å². The summed E-state index contributed by atoms with van der Waals surface area (Å²) in [7, 11) is 0. The second kappa shape index (κ2) is 8.68. The van der Waals surface area contributed by atoms with Gasteiger partial charge in [-0.1, -0.05) is 0 Å². The van der Waals surface area contributed by atoms with Crippen LogP contribution in [0.15, 0.2) is 0 Å². The molecule has 8 saturated carbocycles. The molecule has 0 aromatic heterocycles. The Morgan fingerprint density at radius 2 is 0.646 bits per heavy atom.